The topological polar surface area (TPSA) is 71.0 Å². The summed E-state index contributed by atoms with van der Waals surface area (Å²) >= 11 is 0. The zero-order chi connectivity index (χ0) is 20.1. The van der Waals surface area contributed by atoms with Gasteiger partial charge in [0.25, 0.3) is 5.91 Å². The predicted molar refractivity (Wildman–Crippen MR) is 114 cm³/mol. The van der Waals surface area contributed by atoms with E-state index in [-0.39, 0.29) is 11.9 Å². The molecule has 3 heterocycles. The number of aromatic nitrogens is 3. The van der Waals surface area contributed by atoms with Crippen LogP contribution in [0.15, 0.2) is 61.1 Å². The molecule has 0 unspecified atom stereocenters. The standard InChI is InChI=1S/C23H25N5O/c1-17(20-6-5-12-24-16-20)26-22(29)19-9-7-18(8-10-19)21-11-13-25-23(27-21)28-14-3-2-4-15-28/h5-13,16-17H,2-4,14-15H2,1H3,(H,26,29)/t17-/m1/s1. The fourth-order valence-corrected chi connectivity index (χ4v) is 3.54. The van der Waals surface area contributed by atoms with Gasteiger partial charge in [-0.2, -0.15) is 0 Å². The van der Waals surface area contributed by atoms with Crippen molar-refractivity contribution in [3.63, 3.8) is 0 Å². The van der Waals surface area contributed by atoms with Crippen molar-refractivity contribution < 1.29 is 4.79 Å². The Morgan fingerprint density at radius 1 is 1.03 bits per heavy atom. The molecular formula is C23H25N5O. The summed E-state index contributed by atoms with van der Waals surface area (Å²) in [5.74, 6) is 0.680. The van der Waals surface area contributed by atoms with Crippen molar-refractivity contribution in [2.45, 2.75) is 32.2 Å². The highest BCUT2D eigenvalue weighted by molar-refractivity contribution is 5.94. The number of nitrogens with one attached hydrogen (secondary N) is 1. The molecule has 1 atom stereocenters. The van der Waals surface area contributed by atoms with Crippen molar-refractivity contribution in [3.05, 3.63) is 72.2 Å². The van der Waals surface area contributed by atoms with Crippen LogP contribution >= 0.6 is 0 Å². The van der Waals surface area contributed by atoms with E-state index in [2.05, 4.69) is 20.2 Å². The van der Waals surface area contributed by atoms with Gasteiger partial charge in [-0.05, 0) is 56.0 Å². The second-order valence-electron chi connectivity index (χ2n) is 7.35. The Hall–Kier alpha value is -3.28. The zero-order valence-corrected chi connectivity index (χ0v) is 16.6. The molecule has 1 fully saturated rings. The molecule has 3 aromatic rings. The average molecular weight is 387 g/mol. The molecule has 6 heteroatoms. The number of rotatable bonds is 5. The lowest BCUT2D eigenvalue weighted by Crippen LogP contribution is -2.30. The van der Waals surface area contributed by atoms with Crippen LogP contribution in [-0.2, 0) is 0 Å². The van der Waals surface area contributed by atoms with Crippen molar-refractivity contribution in [3.8, 4) is 11.3 Å². The van der Waals surface area contributed by atoms with Gasteiger partial charge in [0, 0.05) is 42.8 Å². The fraction of sp³-hybridized carbons (Fsp3) is 0.304. The van der Waals surface area contributed by atoms with Gasteiger partial charge in [0.1, 0.15) is 0 Å². The largest absolute Gasteiger partial charge is 0.345 e. The van der Waals surface area contributed by atoms with Gasteiger partial charge in [0.2, 0.25) is 5.95 Å². The van der Waals surface area contributed by atoms with Gasteiger partial charge in [0.05, 0.1) is 11.7 Å². The molecule has 0 bridgehead atoms. The number of pyridine rings is 1. The highest BCUT2D eigenvalue weighted by Gasteiger charge is 2.15. The Labute approximate surface area is 171 Å². The second-order valence-corrected chi connectivity index (χ2v) is 7.35. The van der Waals surface area contributed by atoms with Crippen molar-refractivity contribution in [1.29, 1.82) is 0 Å². The summed E-state index contributed by atoms with van der Waals surface area (Å²) in [6, 6.07) is 13.2. The maximum atomic E-state index is 12.6. The minimum Gasteiger partial charge on any atom is -0.345 e. The minimum atomic E-state index is -0.107. The number of hydrogen-bond acceptors (Lipinski definition) is 5. The van der Waals surface area contributed by atoms with E-state index in [1.54, 1.807) is 12.4 Å². The summed E-state index contributed by atoms with van der Waals surface area (Å²) in [6.45, 7) is 3.97. The average Bonchev–Trinajstić information content (AvgIpc) is 2.80. The van der Waals surface area contributed by atoms with Gasteiger partial charge >= 0.3 is 0 Å². The summed E-state index contributed by atoms with van der Waals surface area (Å²) in [7, 11) is 0. The molecule has 2 aromatic heterocycles. The van der Waals surface area contributed by atoms with Gasteiger partial charge in [-0.1, -0.05) is 18.2 Å². The SMILES string of the molecule is C[C@@H](NC(=O)c1ccc(-c2ccnc(N3CCCCC3)n2)cc1)c1cccnc1. The number of carbonyl (C=O) groups excluding carboxylic acids is 1. The summed E-state index contributed by atoms with van der Waals surface area (Å²) in [5.41, 5.74) is 3.44. The lowest BCUT2D eigenvalue weighted by Gasteiger charge is -2.26. The molecule has 1 amide bonds. The van der Waals surface area contributed by atoms with Gasteiger partial charge in [-0.15, -0.1) is 0 Å². The van der Waals surface area contributed by atoms with E-state index in [0.717, 1.165) is 35.9 Å². The van der Waals surface area contributed by atoms with Crippen LogP contribution < -0.4 is 10.2 Å². The molecular weight excluding hydrogens is 362 g/mol. The summed E-state index contributed by atoms with van der Waals surface area (Å²) in [6.07, 6.45) is 8.95. The number of anilines is 1. The number of nitrogens with zero attached hydrogens (tertiary/aromatic N) is 4. The third-order valence-corrected chi connectivity index (χ3v) is 5.26. The van der Waals surface area contributed by atoms with Crippen molar-refractivity contribution in [2.24, 2.45) is 0 Å². The molecule has 1 saturated heterocycles. The smallest absolute Gasteiger partial charge is 0.251 e. The molecule has 0 aliphatic carbocycles. The number of amides is 1. The Bertz CT molecular complexity index is 953. The molecule has 1 aromatic carbocycles. The minimum absolute atomic E-state index is 0.107. The van der Waals surface area contributed by atoms with E-state index in [0.29, 0.717) is 5.56 Å². The van der Waals surface area contributed by atoms with Crippen LogP contribution in [-0.4, -0.2) is 33.9 Å². The Morgan fingerprint density at radius 3 is 2.55 bits per heavy atom. The first-order chi connectivity index (χ1) is 14.2. The monoisotopic (exact) mass is 387 g/mol. The molecule has 0 radical (unpaired) electrons. The fourth-order valence-electron chi connectivity index (χ4n) is 3.54. The molecule has 1 N–H and O–H groups in total. The number of benzene rings is 1. The zero-order valence-electron chi connectivity index (χ0n) is 16.6. The normalized spacial score (nSPS) is 15.0. The van der Waals surface area contributed by atoms with Crippen LogP contribution in [0.3, 0.4) is 0 Å². The summed E-state index contributed by atoms with van der Waals surface area (Å²) in [5, 5.41) is 3.01. The van der Waals surface area contributed by atoms with Crippen LogP contribution in [0, 0.1) is 0 Å². The van der Waals surface area contributed by atoms with E-state index in [1.165, 1.54) is 19.3 Å². The Morgan fingerprint density at radius 2 is 1.83 bits per heavy atom. The highest BCUT2D eigenvalue weighted by atomic mass is 16.1. The van der Waals surface area contributed by atoms with Gasteiger partial charge in [-0.25, -0.2) is 9.97 Å². The quantitative estimate of drug-likeness (QED) is 0.716. The second kappa shape index (κ2) is 8.82. The van der Waals surface area contributed by atoms with Gasteiger partial charge < -0.3 is 10.2 Å². The maximum Gasteiger partial charge on any atom is 0.251 e. The van der Waals surface area contributed by atoms with E-state index in [9.17, 15) is 4.79 Å². The van der Waals surface area contributed by atoms with Crippen LogP contribution in [0.2, 0.25) is 0 Å². The number of hydrogen-bond donors (Lipinski definition) is 1. The number of carbonyl (C=O) groups is 1. The van der Waals surface area contributed by atoms with Crippen molar-refractivity contribution >= 4 is 11.9 Å². The molecule has 0 spiro atoms. The first-order valence-electron chi connectivity index (χ1n) is 10.1. The number of piperidine rings is 1. The van der Waals surface area contributed by atoms with E-state index in [1.807, 2.05) is 55.6 Å². The third-order valence-electron chi connectivity index (χ3n) is 5.26. The molecule has 4 rings (SSSR count). The van der Waals surface area contributed by atoms with Gasteiger partial charge in [0.15, 0.2) is 0 Å². The van der Waals surface area contributed by atoms with Crippen LogP contribution in [0.1, 0.15) is 48.1 Å². The maximum absolute atomic E-state index is 12.6. The Balaban J connectivity index is 1.45. The lowest BCUT2D eigenvalue weighted by atomic mass is 10.1. The molecule has 1 aliphatic rings. The van der Waals surface area contributed by atoms with E-state index < -0.39 is 0 Å². The molecule has 1 aliphatic heterocycles. The van der Waals surface area contributed by atoms with Crippen LogP contribution in [0.4, 0.5) is 5.95 Å². The molecule has 148 valence electrons. The van der Waals surface area contributed by atoms with Gasteiger partial charge in [-0.3, -0.25) is 9.78 Å². The summed E-state index contributed by atoms with van der Waals surface area (Å²) in [4.78, 5) is 28.1. The first-order valence-corrected chi connectivity index (χ1v) is 10.1. The van der Waals surface area contributed by atoms with Crippen molar-refractivity contribution in [1.82, 2.24) is 20.3 Å². The van der Waals surface area contributed by atoms with Crippen molar-refractivity contribution in [2.75, 3.05) is 18.0 Å². The van der Waals surface area contributed by atoms with E-state index in [4.69, 9.17) is 4.98 Å². The Kier molecular flexibility index (Phi) is 5.79. The van der Waals surface area contributed by atoms with E-state index >= 15 is 0 Å². The predicted octanol–water partition coefficient (Wildman–Crippen LogP) is 4.02. The molecule has 6 nitrogen and oxygen atoms in total. The van der Waals surface area contributed by atoms with Crippen LogP contribution in [0.5, 0.6) is 0 Å². The molecule has 0 saturated carbocycles. The first kappa shape index (κ1) is 19.1. The summed E-state index contributed by atoms with van der Waals surface area (Å²) < 4.78 is 0. The highest BCUT2D eigenvalue weighted by Crippen LogP contribution is 2.22. The third kappa shape index (κ3) is 4.59. The lowest BCUT2D eigenvalue weighted by molar-refractivity contribution is 0.0940. The molecule has 29 heavy (non-hydrogen) atoms. The van der Waals surface area contributed by atoms with Crippen LogP contribution in [0.25, 0.3) is 11.3 Å².